The molecule has 0 radical (unpaired) electrons. The van der Waals surface area contributed by atoms with Crippen LogP contribution in [0.5, 0.6) is 0 Å². The Bertz CT molecular complexity index is 729. The van der Waals surface area contributed by atoms with E-state index >= 15 is 0 Å². The van der Waals surface area contributed by atoms with Gasteiger partial charge in [0.15, 0.2) is 0 Å². The number of hydrogen-bond acceptors (Lipinski definition) is 2. The molecule has 0 amide bonds. The van der Waals surface area contributed by atoms with Crippen molar-refractivity contribution >= 4 is 11.8 Å². The fourth-order valence-electron chi connectivity index (χ4n) is 3.01. The number of ketones is 1. The van der Waals surface area contributed by atoms with Crippen molar-refractivity contribution in [2.24, 2.45) is 0 Å². The van der Waals surface area contributed by atoms with Crippen LogP contribution in [0.3, 0.4) is 0 Å². The summed E-state index contributed by atoms with van der Waals surface area (Å²) >= 11 is 0. The lowest BCUT2D eigenvalue weighted by Crippen LogP contribution is -2.15. The quantitative estimate of drug-likeness (QED) is 0.585. The van der Waals surface area contributed by atoms with Crippen molar-refractivity contribution in [3.63, 3.8) is 0 Å². The summed E-state index contributed by atoms with van der Waals surface area (Å²) in [4.78, 5) is 22.7. The third-order valence-electron chi connectivity index (χ3n) is 3.90. The molecule has 1 N–H and O–H groups in total. The van der Waals surface area contributed by atoms with Crippen LogP contribution in [0.25, 0.3) is 11.1 Å². The van der Waals surface area contributed by atoms with Gasteiger partial charge in [0.05, 0.1) is 0 Å². The third kappa shape index (κ3) is 1.74. The van der Waals surface area contributed by atoms with E-state index < -0.39 is 11.8 Å². The lowest BCUT2D eigenvalue weighted by Gasteiger charge is -2.11. The molecule has 0 aromatic heterocycles. The van der Waals surface area contributed by atoms with Crippen molar-refractivity contribution in [3.8, 4) is 11.1 Å². The molecule has 3 heteroatoms. The van der Waals surface area contributed by atoms with Crippen LogP contribution in [0.4, 0.5) is 0 Å². The van der Waals surface area contributed by atoms with E-state index in [2.05, 4.69) is 12.1 Å². The van der Waals surface area contributed by atoms with E-state index in [0.717, 1.165) is 23.1 Å². The van der Waals surface area contributed by atoms with E-state index in [9.17, 15) is 9.59 Å². The zero-order chi connectivity index (χ0) is 14.3. The highest BCUT2D eigenvalue weighted by Gasteiger charge is 2.26. The second kappa shape index (κ2) is 4.60. The highest BCUT2D eigenvalue weighted by Crippen LogP contribution is 2.39. The van der Waals surface area contributed by atoms with Gasteiger partial charge >= 0.3 is 5.97 Å². The molecule has 2 aromatic carbocycles. The largest absolute Gasteiger partial charge is 0.475 e. The summed E-state index contributed by atoms with van der Waals surface area (Å²) in [6.45, 7) is 1.96. The van der Waals surface area contributed by atoms with E-state index in [1.165, 1.54) is 11.1 Å². The number of carboxylic acid groups (broad SMARTS) is 1. The normalized spacial score (nSPS) is 11.8. The molecular weight excluding hydrogens is 252 g/mol. The molecule has 3 nitrogen and oxygen atoms in total. The van der Waals surface area contributed by atoms with E-state index in [1.807, 2.05) is 25.1 Å². The summed E-state index contributed by atoms with van der Waals surface area (Å²) in [7, 11) is 0. The number of carbonyl (C=O) groups is 2. The first-order valence-corrected chi connectivity index (χ1v) is 6.64. The zero-order valence-electron chi connectivity index (χ0n) is 11.1. The second-order valence-corrected chi connectivity index (χ2v) is 4.94. The molecule has 0 bridgehead atoms. The Morgan fingerprint density at radius 3 is 2.55 bits per heavy atom. The molecule has 1 aliphatic rings. The van der Waals surface area contributed by atoms with Crippen LogP contribution >= 0.6 is 0 Å². The van der Waals surface area contributed by atoms with Gasteiger partial charge in [-0.05, 0) is 46.7 Å². The summed E-state index contributed by atoms with van der Waals surface area (Å²) in [5.41, 5.74) is 5.83. The Kier molecular flexibility index (Phi) is 2.90. The average molecular weight is 266 g/mol. The molecule has 20 heavy (non-hydrogen) atoms. The number of Topliss-reactive ketones (excluding diaryl/α,β-unsaturated/α-hetero) is 1. The van der Waals surface area contributed by atoms with Gasteiger partial charge in [0, 0.05) is 5.56 Å². The first-order valence-electron chi connectivity index (χ1n) is 6.64. The topological polar surface area (TPSA) is 54.4 Å². The number of hydrogen-bond donors (Lipinski definition) is 1. The van der Waals surface area contributed by atoms with Gasteiger partial charge in [0.25, 0.3) is 5.78 Å². The number of benzene rings is 2. The summed E-state index contributed by atoms with van der Waals surface area (Å²) in [5.74, 6) is -2.21. The maximum atomic E-state index is 11.8. The van der Waals surface area contributed by atoms with Crippen molar-refractivity contribution in [2.45, 2.75) is 19.8 Å². The number of aliphatic carboxylic acids is 1. The van der Waals surface area contributed by atoms with Gasteiger partial charge in [0.2, 0.25) is 0 Å². The minimum atomic E-state index is -1.39. The van der Waals surface area contributed by atoms with E-state index in [1.54, 1.807) is 6.07 Å². The smallest absolute Gasteiger partial charge is 0.377 e. The van der Waals surface area contributed by atoms with Gasteiger partial charge < -0.3 is 5.11 Å². The van der Waals surface area contributed by atoms with Crippen LogP contribution < -0.4 is 0 Å². The second-order valence-electron chi connectivity index (χ2n) is 4.94. The maximum Gasteiger partial charge on any atom is 0.377 e. The zero-order valence-corrected chi connectivity index (χ0v) is 11.1. The number of carboxylic acids is 1. The summed E-state index contributed by atoms with van der Waals surface area (Å²) < 4.78 is 0. The molecular formula is C17H14O3. The monoisotopic (exact) mass is 266 g/mol. The highest BCUT2D eigenvalue weighted by atomic mass is 16.4. The molecule has 0 fully saturated rings. The van der Waals surface area contributed by atoms with E-state index in [-0.39, 0.29) is 0 Å². The predicted molar refractivity (Wildman–Crippen MR) is 76.0 cm³/mol. The first-order chi connectivity index (χ1) is 9.63. The van der Waals surface area contributed by atoms with Crippen LogP contribution in [-0.2, 0) is 17.6 Å². The number of carbonyl (C=O) groups excluding carboxylic acids is 1. The van der Waals surface area contributed by atoms with Crippen LogP contribution in [0.1, 0.15) is 34.0 Å². The van der Waals surface area contributed by atoms with Crippen molar-refractivity contribution in [1.82, 2.24) is 0 Å². The molecule has 0 spiro atoms. The van der Waals surface area contributed by atoms with Crippen molar-refractivity contribution in [1.29, 1.82) is 0 Å². The summed E-state index contributed by atoms with van der Waals surface area (Å²) in [6.07, 6.45) is 1.43. The van der Waals surface area contributed by atoms with Crippen LogP contribution in [0.15, 0.2) is 36.4 Å². The maximum absolute atomic E-state index is 11.8. The lowest BCUT2D eigenvalue weighted by atomic mass is 9.92. The van der Waals surface area contributed by atoms with Gasteiger partial charge in [0.1, 0.15) is 0 Å². The van der Waals surface area contributed by atoms with Gasteiger partial charge in [-0.25, -0.2) is 4.79 Å². The molecule has 0 saturated carbocycles. The molecule has 3 rings (SSSR count). The van der Waals surface area contributed by atoms with Crippen molar-refractivity contribution in [3.05, 3.63) is 58.7 Å². The van der Waals surface area contributed by atoms with E-state index in [4.69, 9.17) is 5.11 Å². The number of fused-ring (bicyclic) bond motifs is 3. The van der Waals surface area contributed by atoms with Gasteiger partial charge in [-0.15, -0.1) is 0 Å². The third-order valence-corrected chi connectivity index (χ3v) is 3.90. The Morgan fingerprint density at radius 2 is 1.85 bits per heavy atom. The summed E-state index contributed by atoms with van der Waals surface area (Å²) in [5, 5.41) is 8.93. The molecule has 0 unspecified atom stereocenters. The van der Waals surface area contributed by atoms with Crippen LogP contribution in [-0.4, -0.2) is 16.9 Å². The molecule has 0 saturated heterocycles. The molecule has 100 valence electrons. The fourth-order valence-corrected chi connectivity index (χ4v) is 3.01. The Hall–Kier alpha value is -2.42. The van der Waals surface area contributed by atoms with Crippen molar-refractivity contribution < 1.29 is 14.7 Å². The predicted octanol–water partition coefficient (Wildman–Crippen LogP) is 3.09. The Labute approximate surface area is 116 Å². The van der Waals surface area contributed by atoms with Gasteiger partial charge in [-0.3, -0.25) is 4.79 Å². The van der Waals surface area contributed by atoms with Crippen LogP contribution in [0.2, 0.25) is 0 Å². The molecule has 2 aromatic rings. The molecule has 1 aliphatic carbocycles. The molecule has 0 aliphatic heterocycles. The van der Waals surface area contributed by atoms with Crippen molar-refractivity contribution in [2.75, 3.05) is 0 Å². The van der Waals surface area contributed by atoms with Gasteiger partial charge in [-0.2, -0.15) is 0 Å². The van der Waals surface area contributed by atoms with Gasteiger partial charge in [-0.1, -0.05) is 37.3 Å². The molecule has 0 heterocycles. The fraction of sp³-hybridized carbons (Fsp3) is 0.176. The first kappa shape index (κ1) is 12.6. The standard InChI is InChI=1S/C17H14O3/c1-2-11-14(16(18)17(19)20)8-7-13-12-6-4-3-5-10(12)9-15(11)13/h3-8H,2,9H2,1H3,(H,19,20). The minimum Gasteiger partial charge on any atom is -0.475 e. The summed E-state index contributed by atoms with van der Waals surface area (Å²) in [6, 6.07) is 11.7. The minimum absolute atomic E-state index is 0.326. The Morgan fingerprint density at radius 1 is 1.10 bits per heavy atom. The van der Waals surface area contributed by atoms with E-state index in [0.29, 0.717) is 12.0 Å². The number of rotatable bonds is 3. The van der Waals surface area contributed by atoms with Crippen LogP contribution in [0, 0.1) is 0 Å². The lowest BCUT2D eigenvalue weighted by molar-refractivity contribution is -0.131. The average Bonchev–Trinajstić information content (AvgIpc) is 2.83. The Balaban J connectivity index is 2.20. The molecule has 0 atom stereocenters. The SMILES string of the molecule is CCc1c(C(=O)C(=O)O)ccc2c1Cc1ccccc1-2. The highest BCUT2D eigenvalue weighted by molar-refractivity contribution is 6.40.